The number of carbonyl (C=O) groups excluding carboxylic acids is 2. The Morgan fingerprint density at radius 1 is 0.844 bits per heavy atom. The summed E-state index contributed by atoms with van der Waals surface area (Å²) in [6, 6.07) is 17.1. The fraction of sp³-hybridized carbons (Fsp3) is 0.440. The summed E-state index contributed by atoms with van der Waals surface area (Å²) in [6.07, 6.45) is 1.76. The third-order valence-corrected chi connectivity index (χ3v) is 6.15. The molecule has 0 bridgehead atoms. The molecule has 2 aliphatic rings. The Morgan fingerprint density at radius 2 is 1.53 bits per heavy atom. The quantitative estimate of drug-likeness (QED) is 0.641. The van der Waals surface area contributed by atoms with E-state index in [0.29, 0.717) is 19.5 Å². The van der Waals surface area contributed by atoms with Gasteiger partial charge in [-0.15, -0.1) is 0 Å². The molecule has 0 aromatic heterocycles. The van der Waals surface area contributed by atoms with Crippen molar-refractivity contribution in [3.05, 3.63) is 65.2 Å². The summed E-state index contributed by atoms with van der Waals surface area (Å²) in [4.78, 5) is 28.6. The number of benzene rings is 2. The zero-order valence-corrected chi connectivity index (χ0v) is 18.5. The minimum Gasteiger partial charge on any atom is -0.379 e. The van der Waals surface area contributed by atoms with Crippen LogP contribution in [0.1, 0.15) is 16.7 Å². The van der Waals surface area contributed by atoms with Crippen LogP contribution in [0.2, 0.25) is 0 Å². The summed E-state index contributed by atoms with van der Waals surface area (Å²) in [5.74, 6) is -1.14. The van der Waals surface area contributed by atoms with Crippen molar-refractivity contribution in [3.63, 3.8) is 0 Å². The van der Waals surface area contributed by atoms with Gasteiger partial charge in [-0.1, -0.05) is 36.4 Å². The minimum atomic E-state index is -0.574. The van der Waals surface area contributed by atoms with E-state index in [1.165, 1.54) is 16.8 Å². The lowest BCUT2D eigenvalue weighted by Gasteiger charge is -2.30. The number of amides is 2. The van der Waals surface area contributed by atoms with Gasteiger partial charge in [-0.25, -0.2) is 0 Å². The highest BCUT2D eigenvalue weighted by atomic mass is 16.5. The van der Waals surface area contributed by atoms with Gasteiger partial charge < -0.3 is 20.3 Å². The van der Waals surface area contributed by atoms with Gasteiger partial charge >= 0.3 is 11.8 Å². The van der Waals surface area contributed by atoms with Gasteiger partial charge in [0.1, 0.15) is 0 Å². The van der Waals surface area contributed by atoms with Gasteiger partial charge in [-0.05, 0) is 41.7 Å². The molecule has 1 saturated heterocycles. The molecular weight excluding hydrogens is 404 g/mol. The molecule has 0 saturated carbocycles. The fourth-order valence-electron chi connectivity index (χ4n) is 4.22. The fourth-order valence-corrected chi connectivity index (χ4v) is 4.22. The summed E-state index contributed by atoms with van der Waals surface area (Å²) in [5.41, 5.74) is 5.20. The first kappa shape index (κ1) is 22.3. The van der Waals surface area contributed by atoms with E-state index in [-0.39, 0.29) is 0 Å². The largest absolute Gasteiger partial charge is 0.379 e. The number of anilines is 1. The van der Waals surface area contributed by atoms with Gasteiger partial charge in [0.25, 0.3) is 0 Å². The Kier molecular flexibility index (Phi) is 7.74. The average Bonchev–Trinajstić information content (AvgIpc) is 2.84. The molecule has 4 rings (SSSR count). The van der Waals surface area contributed by atoms with Gasteiger partial charge in [0.05, 0.1) is 13.2 Å². The summed E-state index contributed by atoms with van der Waals surface area (Å²) in [7, 11) is 0. The molecule has 32 heavy (non-hydrogen) atoms. The first-order chi connectivity index (χ1) is 15.7. The Hall–Kier alpha value is -2.90. The van der Waals surface area contributed by atoms with Crippen molar-refractivity contribution in [3.8, 4) is 0 Å². The van der Waals surface area contributed by atoms with Crippen LogP contribution >= 0.6 is 0 Å². The molecule has 0 aliphatic carbocycles. The third kappa shape index (κ3) is 6.08. The van der Waals surface area contributed by atoms with Crippen LogP contribution in [0.15, 0.2) is 48.5 Å². The average molecular weight is 437 g/mol. The molecule has 2 heterocycles. The van der Waals surface area contributed by atoms with E-state index in [4.69, 9.17) is 4.74 Å². The van der Waals surface area contributed by atoms with Crippen molar-refractivity contribution in [2.75, 3.05) is 57.4 Å². The maximum absolute atomic E-state index is 12.0. The topological polar surface area (TPSA) is 73.9 Å². The number of carbonyl (C=O) groups is 2. The molecule has 0 atom stereocenters. The molecule has 7 heteroatoms. The Bertz CT molecular complexity index is 910. The van der Waals surface area contributed by atoms with Gasteiger partial charge in [0.2, 0.25) is 0 Å². The van der Waals surface area contributed by atoms with E-state index >= 15 is 0 Å². The molecule has 2 aromatic rings. The van der Waals surface area contributed by atoms with E-state index in [0.717, 1.165) is 57.9 Å². The number of hydrogen-bond acceptors (Lipinski definition) is 5. The van der Waals surface area contributed by atoms with Crippen molar-refractivity contribution in [2.24, 2.45) is 0 Å². The van der Waals surface area contributed by atoms with Crippen LogP contribution in [0.5, 0.6) is 0 Å². The highest BCUT2D eigenvalue weighted by molar-refractivity contribution is 6.35. The molecule has 2 N–H and O–H groups in total. The van der Waals surface area contributed by atoms with E-state index < -0.39 is 11.8 Å². The van der Waals surface area contributed by atoms with Crippen LogP contribution in [-0.4, -0.2) is 69.2 Å². The van der Waals surface area contributed by atoms with E-state index in [1.807, 2.05) is 0 Å². The van der Waals surface area contributed by atoms with Gasteiger partial charge in [-0.3, -0.25) is 14.5 Å². The van der Waals surface area contributed by atoms with Gasteiger partial charge in [-0.2, -0.15) is 0 Å². The van der Waals surface area contributed by atoms with Crippen molar-refractivity contribution >= 4 is 17.5 Å². The summed E-state index contributed by atoms with van der Waals surface area (Å²) in [5, 5.41) is 5.40. The van der Waals surface area contributed by atoms with E-state index in [2.05, 4.69) is 69.0 Å². The lowest BCUT2D eigenvalue weighted by molar-refractivity contribution is -0.139. The monoisotopic (exact) mass is 436 g/mol. The standard InChI is InChI=1S/C25H32N4O3/c30-24(25(31)27-12-14-28-15-17-32-18-16-28)26-11-9-20-5-7-23(8-6-20)29-13-10-21-3-1-2-4-22(21)19-29/h1-8H,9-19H2,(H,26,30)(H,27,31). The number of rotatable bonds is 7. The molecule has 2 aromatic carbocycles. The van der Waals surface area contributed by atoms with Crippen LogP contribution in [0, 0.1) is 0 Å². The predicted molar refractivity (Wildman–Crippen MR) is 125 cm³/mol. The van der Waals surface area contributed by atoms with Crippen LogP contribution in [0.4, 0.5) is 5.69 Å². The second kappa shape index (κ2) is 11.1. The van der Waals surface area contributed by atoms with E-state index in [9.17, 15) is 9.59 Å². The van der Waals surface area contributed by atoms with Crippen molar-refractivity contribution in [2.45, 2.75) is 19.4 Å². The first-order valence-electron chi connectivity index (χ1n) is 11.5. The second-order valence-corrected chi connectivity index (χ2v) is 8.32. The van der Waals surface area contributed by atoms with Crippen molar-refractivity contribution in [1.29, 1.82) is 0 Å². The number of morpholine rings is 1. The zero-order chi connectivity index (χ0) is 22.2. The molecule has 2 amide bonds. The second-order valence-electron chi connectivity index (χ2n) is 8.32. The van der Waals surface area contributed by atoms with Gasteiger partial charge in [0, 0.05) is 51.5 Å². The molecular formula is C25H32N4O3. The molecule has 0 radical (unpaired) electrons. The van der Waals surface area contributed by atoms with Crippen molar-refractivity contribution in [1.82, 2.24) is 15.5 Å². The smallest absolute Gasteiger partial charge is 0.309 e. The summed E-state index contributed by atoms with van der Waals surface area (Å²) < 4.78 is 5.30. The lowest BCUT2D eigenvalue weighted by Crippen LogP contribution is -2.45. The first-order valence-corrected chi connectivity index (χ1v) is 11.5. The maximum Gasteiger partial charge on any atom is 0.309 e. The highest BCUT2D eigenvalue weighted by Crippen LogP contribution is 2.24. The summed E-state index contributed by atoms with van der Waals surface area (Å²) >= 11 is 0. The Morgan fingerprint density at radius 3 is 2.28 bits per heavy atom. The third-order valence-electron chi connectivity index (χ3n) is 6.15. The van der Waals surface area contributed by atoms with Crippen LogP contribution < -0.4 is 15.5 Å². The Balaban J connectivity index is 1.16. The van der Waals surface area contributed by atoms with Crippen LogP contribution in [0.25, 0.3) is 0 Å². The maximum atomic E-state index is 12.0. The van der Waals surface area contributed by atoms with Crippen LogP contribution in [0.3, 0.4) is 0 Å². The lowest BCUT2D eigenvalue weighted by atomic mass is 9.99. The zero-order valence-electron chi connectivity index (χ0n) is 18.5. The summed E-state index contributed by atoms with van der Waals surface area (Å²) in [6.45, 7) is 6.78. The van der Waals surface area contributed by atoms with Crippen LogP contribution in [-0.2, 0) is 33.7 Å². The molecule has 1 fully saturated rings. The molecule has 0 spiro atoms. The number of nitrogens with one attached hydrogen (secondary N) is 2. The minimum absolute atomic E-state index is 0.437. The predicted octanol–water partition coefficient (Wildman–Crippen LogP) is 1.36. The number of fused-ring (bicyclic) bond motifs is 1. The molecule has 0 unspecified atom stereocenters. The normalized spacial score (nSPS) is 16.3. The number of nitrogens with zero attached hydrogens (tertiary/aromatic N) is 2. The van der Waals surface area contributed by atoms with Crippen molar-refractivity contribution < 1.29 is 14.3 Å². The molecule has 7 nitrogen and oxygen atoms in total. The van der Waals surface area contributed by atoms with E-state index in [1.54, 1.807) is 0 Å². The van der Waals surface area contributed by atoms with Gasteiger partial charge in [0.15, 0.2) is 0 Å². The number of ether oxygens (including phenoxy) is 1. The number of hydrogen-bond donors (Lipinski definition) is 2. The Labute approximate surface area is 189 Å². The molecule has 2 aliphatic heterocycles. The highest BCUT2D eigenvalue weighted by Gasteiger charge is 2.16. The molecule has 170 valence electrons. The SMILES string of the molecule is O=C(NCCc1ccc(N2CCc3ccccc3C2)cc1)C(=O)NCCN1CCOCC1.